The summed E-state index contributed by atoms with van der Waals surface area (Å²) in [6, 6.07) is 0. The molecule has 0 heterocycles. The zero-order valence-electron chi connectivity index (χ0n) is 4.38. The summed E-state index contributed by atoms with van der Waals surface area (Å²) in [4.78, 5) is 0. The molecule has 0 fully saturated rings. The molecule has 0 aliphatic heterocycles. The fourth-order valence-corrected chi connectivity index (χ4v) is 0.0227. The number of hydrogen-bond acceptors (Lipinski definition) is 3. The van der Waals surface area contributed by atoms with Crippen molar-refractivity contribution < 1.29 is 73.7 Å². The van der Waals surface area contributed by atoms with Gasteiger partial charge < -0.3 is 14.6 Å². The smallest absolute Gasteiger partial charge is 0.863 e. The maximum atomic E-state index is 8.95. The Labute approximate surface area is 88.0 Å². The Balaban J connectivity index is -0.0000000800. The number of rotatable bonds is 2. The molecular formula is B2Na2O3. The first-order valence-electron chi connectivity index (χ1n) is 0.943. The minimum Gasteiger partial charge on any atom is -0.863 e. The van der Waals surface area contributed by atoms with Gasteiger partial charge in [0, 0.05) is 0 Å². The molecule has 7 heteroatoms. The van der Waals surface area contributed by atoms with Crippen molar-refractivity contribution in [2.75, 3.05) is 0 Å². The van der Waals surface area contributed by atoms with Crippen molar-refractivity contribution in [2.45, 2.75) is 0 Å². The van der Waals surface area contributed by atoms with E-state index in [2.05, 4.69) is 4.57 Å². The minimum absolute atomic E-state index is 0. The molecule has 0 N–H and O–H groups in total. The summed E-state index contributed by atoms with van der Waals surface area (Å²) in [6.45, 7) is 0. The van der Waals surface area contributed by atoms with Crippen LogP contribution in [0.4, 0.5) is 0 Å². The van der Waals surface area contributed by atoms with Gasteiger partial charge in [-0.3, -0.25) is 0 Å². The van der Waals surface area contributed by atoms with Crippen LogP contribution in [0.1, 0.15) is 0 Å². The van der Waals surface area contributed by atoms with Gasteiger partial charge in [-0.25, -0.2) is 0 Å². The largest absolute Gasteiger partial charge is 1.00 e. The fourth-order valence-electron chi connectivity index (χ4n) is 0.0227. The molecule has 2 radical (unpaired) electrons. The normalized spacial score (nSPS) is 4.86. The van der Waals surface area contributed by atoms with E-state index < -0.39 is 0 Å². The van der Waals surface area contributed by atoms with E-state index in [-0.39, 0.29) is 74.5 Å². The minimum atomic E-state index is 0. The third-order valence-corrected chi connectivity index (χ3v) is 0.111. The van der Waals surface area contributed by atoms with Crippen LogP contribution in [0.15, 0.2) is 0 Å². The Kier molecular flexibility index (Phi) is 35.9. The van der Waals surface area contributed by atoms with Gasteiger partial charge in [-0.2, -0.15) is 0 Å². The molecule has 0 saturated carbocycles. The maximum absolute atomic E-state index is 8.95. The summed E-state index contributed by atoms with van der Waals surface area (Å²) >= 11 is 0. The fraction of sp³-hybridized carbons (Fsp3) is 0. The van der Waals surface area contributed by atoms with Crippen LogP contribution in [0.25, 0.3) is 0 Å². The SMILES string of the molecule is [Na+].[Na+].[O-][B]O[B][O-]. The van der Waals surface area contributed by atoms with E-state index >= 15 is 0 Å². The standard InChI is InChI=1S/B2O3.2Na/c3-1-5-2-4;;/q-2;2*+1. The van der Waals surface area contributed by atoms with E-state index in [1.54, 1.807) is 0 Å². The third-order valence-electron chi connectivity index (χ3n) is 0.111. The van der Waals surface area contributed by atoms with Crippen molar-refractivity contribution in [3.8, 4) is 0 Å². The van der Waals surface area contributed by atoms with Crippen LogP contribution in [0.3, 0.4) is 0 Å². The van der Waals surface area contributed by atoms with Crippen molar-refractivity contribution in [3.63, 3.8) is 0 Å². The third kappa shape index (κ3) is 18.0. The molecule has 0 unspecified atom stereocenters. The van der Waals surface area contributed by atoms with Crippen LogP contribution in [0.2, 0.25) is 0 Å². The first-order chi connectivity index (χ1) is 2.41. The second-order valence-electron chi connectivity index (χ2n) is 0.329. The molecule has 0 aromatic rings. The molecule has 0 aromatic carbocycles. The van der Waals surface area contributed by atoms with Gasteiger partial charge in [-0.1, -0.05) is 0 Å². The van der Waals surface area contributed by atoms with Crippen LogP contribution in [0.5, 0.6) is 0 Å². The van der Waals surface area contributed by atoms with E-state index in [9.17, 15) is 0 Å². The molecule has 0 saturated heterocycles. The van der Waals surface area contributed by atoms with Crippen LogP contribution in [0, 0.1) is 0 Å². The van der Waals surface area contributed by atoms with Gasteiger partial charge in [-0.05, 0) is 0 Å². The van der Waals surface area contributed by atoms with Crippen molar-refractivity contribution in [3.05, 3.63) is 0 Å². The van der Waals surface area contributed by atoms with E-state index in [0.717, 1.165) is 0 Å². The Morgan fingerprint density at radius 3 is 1.29 bits per heavy atom. The number of hydrogen-bond donors (Lipinski definition) is 0. The molecule has 0 aliphatic carbocycles. The second-order valence-corrected chi connectivity index (χ2v) is 0.329. The van der Waals surface area contributed by atoms with Crippen LogP contribution in [-0.4, -0.2) is 15.4 Å². The van der Waals surface area contributed by atoms with Crippen molar-refractivity contribution in [1.82, 2.24) is 0 Å². The molecule has 0 atom stereocenters. The van der Waals surface area contributed by atoms with Crippen LogP contribution in [-0.2, 0) is 4.57 Å². The zero-order chi connectivity index (χ0) is 4.12. The summed E-state index contributed by atoms with van der Waals surface area (Å²) < 4.78 is 3.47. The molecule has 0 aliphatic rings. The molecule has 7 heavy (non-hydrogen) atoms. The molecule has 0 amide bonds. The van der Waals surface area contributed by atoms with E-state index in [0.29, 0.717) is 0 Å². The summed E-state index contributed by atoms with van der Waals surface area (Å²) in [7, 11) is 0.125. The Morgan fingerprint density at radius 1 is 1.00 bits per heavy atom. The summed E-state index contributed by atoms with van der Waals surface area (Å²) in [6.07, 6.45) is 0. The van der Waals surface area contributed by atoms with E-state index in [1.165, 1.54) is 0 Å². The Morgan fingerprint density at radius 2 is 1.29 bits per heavy atom. The first kappa shape index (κ1) is 16.0. The van der Waals surface area contributed by atoms with Gasteiger partial charge in [0.15, 0.2) is 0 Å². The Hall–Kier alpha value is 2.01. The topological polar surface area (TPSA) is 55.3 Å². The summed E-state index contributed by atoms with van der Waals surface area (Å²) in [5.41, 5.74) is 0. The quantitative estimate of drug-likeness (QED) is 0.336. The molecule has 0 aromatic heterocycles. The molecule has 0 rings (SSSR count). The predicted molar refractivity (Wildman–Crippen MR) is 12.6 cm³/mol. The van der Waals surface area contributed by atoms with Crippen molar-refractivity contribution >= 4 is 15.4 Å². The van der Waals surface area contributed by atoms with E-state index in [4.69, 9.17) is 10.0 Å². The monoisotopic (exact) mass is 116 g/mol. The van der Waals surface area contributed by atoms with E-state index in [1.807, 2.05) is 0 Å². The molecule has 0 bridgehead atoms. The molecule has 3 nitrogen and oxygen atoms in total. The maximum Gasteiger partial charge on any atom is 1.00 e. The van der Waals surface area contributed by atoms with Crippen molar-refractivity contribution in [2.24, 2.45) is 0 Å². The average molecular weight is 116 g/mol. The van der Waals surface area contributed by atoms with Crippen LogP contribution >= 0.6 is 0 Å². The van der Waals surface area contributed by atoms with Gasteiger partial charge in [0.05, 0.1) is 0 Å². The zero-order valence-corrected chi connectivity index (χ0v) is 8.38. The molecular weight excluding hydrogens is 116 g/mol. The average Bonchev–Trinajstić information content (AvgIpc) is 1.41. The second kappa shape index (κ2) is 15.7. The van der Waals surface area contributed by atoms with Gasteiger partial charge in [-0.15, -0.1) is 0 Å². The van der Waals surface area contributed by atoms with Gasteiger partial charge in [0.2, 0.25) is 0 Å². The van der Waals surface area contributed by atoms with Gasteiger partial charge in [0.25, 0.3) is 0 Å². The first-order valence-corrected chi connectivity index (χ1v) is 0.943. The van der Waals surface area contributed by atoms with Gasteiger partial charge >= 0.3 is 59.1 Å². The van der Waals surface area contributed by atoms with Crippen molar-refractivity contribution in [1.29, 1.82) is 0 Å². The van der Waals surface area contributed by atoms with Gasteiger partial charge in [0.1, 0.15) is 15.4 Å². The Bertz CT molecular complexity index is 18.4. The van der Waals surface area contributed by atoms with Crippen LogP contribution < -0.4 is 69.2 Å². The summed E-state index contributed by atoms with van der Waals surface area (Å²) in [5.74, 6) is 0. The molecule has 0 spiro atoms. The summed E-state index contributed by atoms with van der Waals surface area (Å²) in [5, 5.41) is 17.9. The predicted octanol–water partition coefficient (Wildman–Crippen LogP) is -9.20. The molecule has 26 valence electrons.